The van der Waals surface area contributed by atoms with Crippen molar-refractivity contribution in [2.75, 3.05) is 19.5 Å². The number of hydrogen-bond acceptors (Lipinski definition) is 7. The molecule has 0 radical (unpaired) electrons. The topological polar surface area (TPSA) is 73.3 Å². The second-order valence-corrected chi connectivity index (χ2v) is 8.63. The Hall–Kier alpha value is -2.94. The zero-order chi connectivity index (χ0) is 21.8. The molecule has 6 nitrogen and oxygen atoms in total. The summed E-state index contributed by atoms with van der Waals surface area (Å²) in [5, 5.41) is 8.66. The van der Waals surface area contributed by atoms with Crippen LogP contribution < -0.4 is 14.8 Å². The third-order valence-corrected chi connectivity index (χ3v) is 6.37. The maximum absolute atomic E-state index is 12.5. The zero-order valence-corrected chi connectivity index (χ0v) is 19.1. The number of amides is 1. The predicted molar refractivity (Wildman–Crippen MR) is 126 cm³/mol. The van der Waals surface area contributed by atoms with Gasteiger partial charge in [-0.25, -0.2) is 9.97 Å². The lowest BCUT2D eigenvalue weighted by molar-refractivity contribution is -0.115. The molecule has 0 bridgehead atoms. The van der Waals surface area contributed by atoms with Crippen molar-refractivity contribution in [2.24, 2.45) is 0 Å². The largest absolute Gasteiger partial charge is 0.497 e. The first-order valence-corrected chi connectivity index (χ1v) is 11.4. The van der Waals surface area contributed by atoms with E-state index >= 15 is 0 Å². The van der Waals surface area contributed by atoms with E-state index < -0.39 is 0 Å². The minimum absolute atomic E-state index is 0.171. The lowest BCUT2D eigenvalue weighted by Crippen LogP contribution is -2.14. The summed E-state index contributed by atoms with van der Waals surface area (Å²) in [6.45, 7) is 0. The number of carbonyl (C=O) groups is 1. The molecule has 1 amide bonds. The number of thiazole rings is 2. The first-order chi connectivity index (χ1) is 15.1. The third-order valence-electron chi connectivity index (χ3n) is 4.42. The van der Waals surface area contributed by atoms with Crippen LogP contribution in [0.25, 0.3) is 21.8 Å². The summed E-state index contributed by atoms with van der Waals surface area (Å²) in [5.74, 6) is 1.18. The number of ether oxygens (including phenoxy) is 2. The molecule has 4 rings (SSSR count). The summed E-state index contributed by atoms with van der Waals surface area (Å²) in [6.07, 6.45) is 0.171. The number of rotatable bonds is 7. The smallest absolute Gasteiger partial charge is 0.232 e. The van der Waals surface area contributed by atoms with E-state index in [2.05, 4.69) is 15.3 Å². The van der Waals surface area contributed by atoms with Crippen LogP contribution in [0.5, 0.6) is 11.5 Å². The molecule has 0 fully saturated rings. The Morgan fingerprint density at radius 1 is 1.03 bits per heavy atom. The van der Waals surface area contributed by atoms with Crippen molar-refractivity contribution in [1.29, 1.82) is 0 Å². The quantitative estimate of drug-likeness (QED) is 0.369. The average molecular weight is 472 g/mol. The van der Waals surface area contributed by atoms with E-state index in [0.717, 1.165) is 21.8 Å². The van der Waals surface area contributed by atoms with Crippen LogP contribution in [-0.4, -0.2) is 30.1 Å². The van der Waals surface area contributed by atoms with Gasteiger partial charge in [0.1, 0.15) is 16.5 Å². The summed E-state index contributed by atoms with van der Waals surface area (Å²) < 4.78 is 10.7. The number of aromatic nitrogens is 2. The van der Waals surface area contributed by atoms with E-state index in [9.17, 15) is 4.79 Å². The molecule has 0 unspecified atom stereocenters. The van der Waals surface area contributed by atoms with Gasteiger partial charge in [-0.3, -0.25) is 4.79 Å². The van der Waals surface area contributed by atoms with Crippen LogP contribution in [-0.2, 0) is 11.2 Å². The summed E-state index contributed by atoms with van der Waals surface area (Å²) in [6, 6.07) is 13.0. The Balaban J connectivity index is 1.42. The Labute approximate surface area is 192 Å². The van der Waals surface area contributed by atoms with Gasteiger partial charge in [-0.2, -0.15) is 0 Å². The second kappa shape index (κ2) is 9.47. The number of benzene rings is 2. The Morgan fingerprint density at radius 2 is 1.84 bits per heavy atom. The number of anilines is 1. The van der Waals surface area contributed by atoms with Crippen LogP contribution in [0.1, 0.15) is 5.69 Å². The molecule has 158 valence electrons. The molecule has 0 aliphatic heterocycles. The molecule has 2 aromatic heterocycles. The number of nitrogens with one attached hydrogen (secondary N) is 1. The van der Waals surface area contributed by atoms with Crippen LogP contribution >= 0.6 is 34.3 Å². The highest BCUT2D eigenvalue weighted by Gasteiger charge is 2.14. The molecule has 0 atom stereocenters. The molecular formula is C22H18ClN3O3S2. The summed E-state index contributed by atoms with van der Waals surface area (Å²) >= 11 is 8.78. The van der Waals surface area contributed by atoms with Gasteiger partial charge >= 0.3 is 0 Å². The van der Waals surface area contributed by atoms with Gasteiger partial charge in [0, 0.05) is 33.0 Å². The molecule has 0 aliphatic rings. The van der Waals surface area contributed by atoms with Gasteiger partial charge in [-0.1, -0.05) is 23.7 Å². The Bertz CT molecular complexity index is 1200. The average Bonchev–Trinajstić information content (AvgIpc) is 3.43. The van der Waals surface area contributed by atoms with Crippen molar-refractivity contribution < 1.29 is 14.3 Å². The van der Waals surface area contributed by atoms with Gasteiger partial charge in [0.05, 0.1) is 32.0 Å². The zero-order valence-electron chi connectivity index (χ0n) is 16.7. The van der Waals surface area contributed by atoms with E-state index in [1.54, 1.807) is 20.3 Å². The summed E-state index contributed by atoms with van der Waals surface area (Å²) in [7, 11) is 3.20. The molecule has 2 heterocycles. The molecule has 9 heteroatoms. The first kappa shape index (κ1) is 21.3. The number of carbonyl (C=O) groups excluding carboxylic acids is 1. The summed E-state index contributed by atoms with van der Waals surface area (Å²) in [4.78, 5) is 21.6. The van der Waals surface area contributed by atoms with E-state index in [-0.39, 0.29) is 12.3 Å². The van der Waals surface area contributed by atoms with Gasteiger partial charge < -0.3 is 14.8 Å². The highest BCUT2D eigenvalue weighted by Crippen LogP contribution is 2.35. The third kappa shape index (κ3) is 5.04. The minimum atomic E-state index is -0.171. The minimum Gasteiger partial charge on any atom is -0.497 e. The van der Waals surface area contributed by atoms with Gasteiger partial charge in [-0.05, 0) is 24.3 Å². The van der Waals surface area contributed by atoms with E-state index in [4.69, 9.17) is 21.1 Å². The van der Waals surface area contributed by atoms with Crippen LogP contribution in [0.3, 0.4) is 0 Å². The van der Waals surface area contributed by atoms with Crippen molar-refractivity contribution >= 4 is 45.3 Å². The molecule has 2 aromatic carbocycles. The summed E-state index contributed by atoms with van der Waals surface area (Å²) in [5.41, 5.74) is 3.23. The maximum atomic E-state index is 12.5. The monoisotopic (exact) mass is 471 g/mol. The van der Waals surface area contributed by atoms with Gasteiger partial charge in [0.25, 0.3) is 0 Å². The number of nitrogens with zero attached hydrogens (tertiary/aromatic N) is 2. The number of hydrogen-bond donors (Lipinski definition) is 1. The molecular weight excluding hydrogens is 454 g/mol. The SMILES string of the molecule is COc1ccc(-c2csc(NC(=O)Cc3csc(-c4ccc(Cl)cc4)n3)n2)c(OC)c1. The van der Waals surface area contributed by atoms with Crippen molar-refractivity contribution in [1.82, 2.24) is 9.97 Å². The molecule has 0 spiro atoms. The molecule has 0 saturated carbocycles. The maximum Gasteiger partial charge on any atom is 0.232 e. The number of methoxy groups -OCH3 is 2. The highest BCUT2D eigenvalue weighted by molar-refractivity contribution is 7.14. The number of halogens is 1. The van der Waals surface area contributed by atoms with Crippen LogP contribution in [0.2, 0.25) is 5.02 Å². The fourth-order valence-electron chi connectivity index (χ4n) is 2.91. The van der Waals surface area contributed by atoms with Crippen molar-refractivity contribution in [3.8, 4) is 33.3 Å². The fraction of sp³-hybridized carbons (Fsp3) is 0.136. The molecule has 0 saturated heterocycles. The molecule has 4 aromatic rings. The normalized spacial score (nSPS) is 10.7. The standard InChI is InChI=1S/C22H18ClN3O3S2/c1-28-16-7-8-17(19(10-16)29-2)18-12-31-22(25-18)26-20(27)9-15-11-30-21(24-15)13-3-5-14(23)6-4-13/h3-8,10-12H,9H2,1-2H3,(H,25,26,27). The van der Waals surface area contributed by atoms with E-state index in [1.165, 1.54) is 22.7 Å². The molecule has 0 aliphatic carbocycles. The van der Waals surface area contributed by atoms with Crippen molar-refractivity contribution in [3.63, 3.8) is 0 Å². The van der Waals surface area contributed by atoms with E-state index in [0.29, 0.717) is 27.3 Å². The van der Waals surface area contributed by atoms with Crippen molar-refractivity contribution in [2.45, 2.75) is 6.42 Å². The van der Waals surface area contributed by atoms with Gasteiger partial charge in [0.2, 0.25) is 5.91 Å². The predicted octanol–water partition coefficient (Wildman–Crippen LogP) is 5.79. The van der Waals surface area contributed by atoms with Crippen LogP contribution in [0.15, 0.2) is 53.2 Å². The van der Waals surface area contributed by atoms with Crippen molar-refractivity contribution in [3.05, 3.63) is 63.9 Å². The fourth-order valence-corrected chi connectivity index (χ4v) is 4.58. The second-order valence-electron chi connectivity index (χ2n) is 6.48. The first-order valence-electron chi connectivity index (χ1n) is 9.24. The van der Waals surface area contributed by atoms with E-state index in [1.807, 2.05) is 47.2 Å². The van der Waals surface area contributed by atoms with Crippen LogP contribution in [0, 0.1) is 0 Å². The lowest BCUT2D eigenvalue weighted by Gasteiger charge is -2.08. The van der Waals surface area contributed by atoms with Gasteiger partial charge in [0.15, 0.2) is 5.13 Å². The van der Waals surface area contributed by atoms with Crippen LogP contribution in [0.4, 0.5) is 5.13 Å². The lowest BCUT2D eigenvalue weighted by atomic mass is 10.1. The molecule has 31 heavy (non-hydrogen) atoms. The Morgan fingerprint density at radius 3 is 2.58 bits per heavy atom. The highest BCUT2D eigenvalue weighted by atomic mass is 35.5. The molecule has 1 N–H and O–H groups in total. The Kier molecular flexibility index (Phi) is 6.50. The van der Waals surface area contributed by atoms with Gasteiger partial charge in [-0.15, -0.1) is 22.7 Å².